The zero-order chi connectivity index (χ0) is 18.7. The van der Waals surface area contributed by atoms with Crippen LogP contribution in [0.15, 0.2) is 52.4 Å². The average Bonchev–Trinajstić information content (AvgIpc) is 2.64. The van der Waals surface area contributed by atoms with Gasteiger partial charge in [-0.2, -0.15) is 0 Å². The molecule has 8 nitrogen and oxygen atoms in total. The monoisotopic (exact) mass is 393 g/mol. The molecule has 0 bridgehead atoms. The number of fused-ring (bicyclic) bond motifs is 1. The lowest BCUT2D eigenvalue weighted by molar-refractivity contribution is -0.139. The number of carbonyl (C=O) groups excluding carboxylic acids is 2. The van der Waals surface area contributed by atoms with E-state index in [0.717, 1.165) is 0 Å². The van der Waals surface area contributed by atoms with E-state index in [2.05, 4.69) is 14.4 Å². The summed E-state index contributed by atoms with van der Waals surface area (Å²) in [6.07, 6.45) is 1.47. The number of hydrogen-bond donors (Lipinski definition) is 1. The van der Waals surface area contributed by atoms with Crippen LogP contribution in [0.4, 0.5) is 11.5 Å². The minimum absolute atomic E-state index is 0.0351. The Kier molecular flexibility index (Phi) is 5.14. The number of rotatable bonds is 5. The fourth-order valence-electron chi connectivity index (χ4n) is 2.34. The molecule has 136 valence electrons. The minimum Gasteiger partial charge on any atom is -0.468 e. The second-order valence-corrected chi connectivity index (χ2v) is 7.99. The molecule has 2 heterocycles. The molecule has 0 unspecified atom stereocenters. The Balaban J connectivity index is 1.96. The Hall–Kier alpha value is -2.59. The first-order valence-electron chi connectivity index (χ1n) is 7.48. The molecule has 10 heteroatoms. The van der Waals surface area contributed by atoms with Gasteiger partial charge in [0.2, 0.25) is 5.91 Å². The molecule has 1 aliphatic heterocycles. The van der Waals surface area contributed by atoms with Gasteiger partial charge in [0, 0.05) is 11.1 Å². The molecule has 0 atom stereocenters. The van der Waals surface area contributed by atoms with Crippen molar-refractivity contribution >= 4 is 45.2 Å². The number of anilines is 2. The standard InChI is InChI=1S/C16H15N3O5S2/c1-24-16(21)9-19-12-8-11(5-6-13(12)25-10-15(19)20)26(22,23)18-14-4-2-3-7-17-14/h2-8H,9-10H2,1H3,(H,17,18). The summed E-state index contributed by atoms with van der Waals surface area (Å²) in [4.78, 5) is 29.6. The lowest BCUT2D eigenvalue weighted by atomic mass is 10.2. The molecule has 0 aliphatic carbocycles. The van der Waals surface area contributed by atoms with E-state index in [4.69, 9.17) is 0 Å². The van der Waals surface area contributed by atoms with Crippen molar-refractivity contribution in [1.82, 2.24) is 4.98 Å². The second-order valence-electron chi connectivity index (χ2n) is 5.29. The number of nitrogens with one attached hydrogen (secondary N) is 1. The summed E-state index contributed by atoms with van der Waals surface area (Å²) in [6.45, 7) is -0.278. The quantitative estimate of drug-likeness (QED) is 0.767. The predicted octanol–water partition coefficient (Wildman–Crippen LogP) is 1.49. The molecule has 3 rings (SSSR count). The molecule has 0 radical (unpaired) electrons. The third-order valence-electron chi connectivity index (χ3n) is 3.60. The van der Waals surface area contributed by atoms with Gasteiger partial charge in [0.25, 0.3) is 10.0 Å². The number of aromatic nitrogens is 1. The van der Waals surface area contributed by atoms with E-state index >= 15 is 0 Å². The molecular formula is C16H15N3O5S2. The van der Waals surface area contributed by atoms with Crippen LogP contribution in [0.2, 0.25) is 0 Å². The number of ether oxygens (including phenoxy) is 1. The Morgan fingerprint density at radius 1 is 1.35 bits per heavy atom. The number of thioether (sulfide) groups is 1. The van der Waals surface area contributed by atoms with Crippen molar-refractivity contribution in [3.05, 3.63) is 42.6 Å². The maximum absolute atomic E-state index is 12.6. The topological polar surface area (TPSA) is 106 Å². The van der Waals surface area contributed by atoms with Gasteiger partial charge in [-0.05, 0) is 30.3 Å². The normalized spacial score (nSPS) is 13.9. The number of nitrogens with zero attached hydrogens (tertiary/aromatic N) is 2. The molecular weight excluding hydrogens is 378 g/mol. The van der Waals surface area contributed by atoms with Crippen molar-refractivity contribution in [1.29, 1.82) is 0 Å². The second kappa shape index (κ2) is 7.34. The van der Waals surface area contributed by atoms with Crippen LogP contribution >= 0.6 is 11.8 Å². The van der Waals surface area contributed by atoms with Crippen molar-refractivity contribution in [2.45, 2.75) is 9.79 Å². The van der Waals surface area contributed by atoms with Crippen molar-refractivity contribution in [3.63, 3.8) is 0 Å². The number of amides is 1. The van der Waals surface area contributed by atoms with Crippen LogP contribution in [0.3, 0.4) is 0 Å². The Morgan fingerprint density at radius 3 is 2.85 bits per heavy atom. The third-order valence-corrected chi connectivity index (χ3v) is 6.00. The van der Waals surface area contributed by atoms with Crippen molar-refractivity contribution in [2.75, 3.05) is 29.0 Å². The van der Waals surface area contributed by atoms with Gasteiger partial charge in [-0.3, -0.25) is 19.2 Å². The van der Waals surface area contributed by atoms with E-state index < -0.39 is 16.0 Å². The molecule has 0 fully saturated rings. The van der Waals surface area contributed by atoms with E-state index in [1.807, 2.05) is 0 Å². The number of methoxy groups -OCH3 is 1. The smallest absolute Gasteiger partial charge is 0.325 e. The van der Waals surface area contributed by atoms with Crippen molar-refractivity contribution in [2.24, 2.45) is 0 Å². The largest absolute Gasteiger partial charge is 0.468 e. The molecule has 1 aromatic heterocycles. The van der Waals surface area contributed by atoms with E-state index in [0.29, 0.717) is 10.6 Å². The van der Waals surface area contributed by atoms with Gasteiger partial charge in [-0.25, -0.2) is 13.4 Å². The number of carbonyl (C=O) groups is 2. The zero-order valence-electron chi connectivity index (χ0n) is 13.7. The highest BCUT2D eigenvalue weighted by Crippen LogP contribution is 2.37. The maximum Gasteiger partial charge on any atom is 0.325 e. The van der Waals surface area contributed by atoms with Crippen LogP contribution in [0.25, 0.3) is 0 Å². The van der Waals surface area contributed by atoms with Gasteiger partial charge in [0.1, 0.15) is 12.4 Å². The summed E-state index contributed by atoms with van der Waals surface area (Å²) in [5.74, 6) is -0.527. The number of benzene rings is 1. The highest BCUT2D eigenvalue weighted by Gasteiger charge is 2.28. The SMILES string of the molecule is COC(=O)CN1C(=O)CSc2ccc(S(=O)(=O)Nc3ccccn3)cc21. The summed E-state index contributed by atoms with van der Waals surface area (Å²) in [5.41, 5.74) is 0.362. The van der Waals surface area contributed by atoms with Gasteiger partial charge in [0.05, 0.1) is 23.4 Å². The van der Waals surface area contributed by atoms with E-state index in [1.165, 1.54) is 48.2 Å². The van der Waals surface area contributed by atoms with Gasteiger partial charge in [0.15, 0.2) is 0 Å². The summed E-state index contributed by atoms with van der Waals surface area (Å²) in [5, 5.41) is 0. The highest BCUT2D eigenvalue weighted by molar-refractivity contribution is 8.00. The third kappa shape index (κ3) is 3.81. The van der Waals surface area contributed by atoms with E-state index in [1.54, 1.807) is 18.2 Å². The fraction of sp³-hybridized carbons (Fsp3) is 0.188. The average molecular weight is 393 g/mol. The van der Waals surface area contributed by atoms with E-state index in [-0.39, 0.29) is 28.9 Å². The lowest BCUT2D eigenvalue weighted by Gasteiger charge is -2.28. The van der Waals surface area contributed by atoms with Crippen molar-refractivity contribution < 1.29 is 22.7 Å². The summed E-state index contributed by atoms with van der Waals surface area (Å²) in [6, 6.07) is 9.29. The Bertz CT molecular complexity index is 948. The van der Waals surface area contributed by atoms with Crippen molar-refractivity contribution in [3.8, 4) is 0 Å². The highest BCUT2D eigenvalue weighted by atomic mass is 32.2. The molecule has 1 N–H and O–H groups in total. The van der Waals surface area contributed by atoms with Crippen LogP contribution < -0.4 is 9.62 Å². The number of sulfonamides is 1. The van der Waals surface area contributed by atoms with Gasteiger partial charge >= 0.3 is 5.97 Å². The summed E-state index contributed by atoms with van der Waals surface area (Å²) >= 11 is 1.29. The molecule has 1 aromatic carbocycles. The maximum atomic E-state index is 12.6. The Labute approximate surface area is 154 Å². The van der Waals surface area contributed by atoms with Crippen LogP contribution in [0.1, 0.15) is 0 Å². The van der Waals surface area contributed by atoms with Gasteiger partial charge < -0.3 is 4.74 Å². The zero-order valence-corrected chi connectivity index (χ0v) is 15.3. The van der Waals surface area contributed by atoms with Gasteiger partial charge in [-0.15, -0.1) is 11.8 Å². The summed E-state index contributed by atoms with van der Waals surface area (Å²) in [7, 11) is -2.67. The molecule has 0 saturated carbocycles. The number of pyridine rings is 1. The summed E-state index contributed by atoms with van der Waals surface area (Å²) < 4.78 is 32.2. The molecule has 1 amide bonds. The molecule has 2 aromatic rings. The van der Waals surface area contributed by atoms with E-state index in [9.17, 15) is 18.0 Å². The van der Waals surface area contributed by atoms with Crippen LogP contribution in [-0.4, -0.2) is 44.7 Å². The predicted molar refractivity (Wildman–Crippen MR) is 96.6 cm³/mol. The lowest BCUT2D eigenvalue weighted by Crippen LogP contribution is -2.39. The Morgan fingerprint density at radius 2 is 2.15 bits per heavy atom. The number of hydrogen-bond acceptors (Lipinski definition) is 7. The first-order chi connectivity index (χ1) is 12.4. The van der Waals surface area contributed by atoms with Gasteiger partial charge in [-0.1, -0.05) is 6.07 Å². The molecule has 0 saturated heterocycles. The first kappa shape index (κ1) is 18.2. The molecule has 1 aliphatic rings. The number of esters is 1. The fourth-order valence-corrected chi connectivity index (χ4v) is 4.28. The minimum atomic E-state index is -3.90. The van der Waals surface area contributed by atoms with Crippen LogP contribution in [-0.2, 0) is 24.3 Å². The first-order valence-corrected chi connectivity index (χ1v) is 9.95. The van der Waals surface area contributed by atoms with Crippen LogP contribution in [0, 0.1) is 0 Å². The van der Waals surface area contributed by atoms with Crippen LogP contribution in [0.5, 0.6) is 0 Å². The molecule has 0 spiro atoms. The molecule has 26 heavy (non-hydrogen) atoms.